The van der Waals surface area contributed by atoms with Gasteiger partial charge in [0, 0.05) is 11.1 Å². The number of nitrogens with zero attached hydrogens (tertiary/aromatic N) is 3. The summed E-state index contributed by atoms with van der Waals surface area (Å²) in [6.45, 7) is 0.131. The van der Waals surface area contributed by atoms with Crippen molar-refractivity contribution in [1.29, 1.82) is 0 Å². The summed E-state index contributed by atoms with van der Waals surface area (Å²) in [7, 11) is 0. The number of hydrogen-bond donors (Lipinski definition) is 0. The van der Waals surface area contributed by atoms with E-state index in [-0.39, 0.29) is 12.3 Å². The van der Waals surface area contributed by atoms with Crippen LogP contribution in [0.15, 0.2) is 60.8 Å². The molecule has 2 aromatic carbocycles. The van der Waals surface area contributed by atoms with Gasteiger partial charge in [-0.2, -0.15) is 0 Å². The largest absolute Gasteiger partial charge is 0.573 e. The molecule has 1 heterocycles. The van der Waals surface area contributed by atoms with Crippen molar-refractivity contribution >= 4 is 0 Å². The van der Waals surface area contributed by atoms with Gasteiger partial charge in [-0.3, -0.25) is 0 Å². The van der Waals surface area contributed by atoms with Gasteiger partial charge in [-0.25, -0.2) is 4.68 Å². The Morgan fingerprint density at radius 1 is 0.957 bits per heavy atom. The summed E-state index contributed by atoms with van der Waals surface area (Å²) in [5.74, 6) is -0.239. The summed E-state index contributed by atoms with van der Waals surface area (Å²) in [6, 6.07) is 15.4. The van der Waals surface area contributed by atoms with Crippen molar-refractivity contribution in [2.75, 3.05) is 0 Å². The van der Waals surface area contributed by atoms with Crippen LogP contribution < -0.4 is 4.74 Å². The second kappa shape index (κ2) is 6.12. The van der Waals surface area contributed by atoms with Gasteiger partial charge in [0.05, 0.1) is 12.7 Å². The maximum atomic E-state index is 12.4. The zero-order valence-electron chi connectivity index (χ0n) is 11.9. The molecule has 0 fully saturated rings. The number of benzene rings is 2. The van der Waals surface area contributed by atoms with Crippen molar-refractivity contribution in [3.63, 3.8) is 0 Å². The topological polar surface area (TPSA) is 39.9 Å². The molecule has 0 aliphatic heterocycles. The molecule has 3 aromatic rings. The van der Waals surface area contributed by atoms with Crippen molar-refractivity contribution in [2.24, 2.45) is 0 Å². The number of halogens is 3. The third kappa shape index (κ3) is 3.88. The summed E-state index contributed by atoms with van der Waals surface area (Å²) in [5, 5.41) is 7.99. The SMILES string of the molecule is FC(F)(F)Oc1ccccc1Cn1cc(-c2ccccc2)nn1. The van der Waals surface area contributed by atoms with Crippen LogP contribution in [0.1, 0.15) is 5.56 Å². The van der Waals surface area contributed by atoms with Crippen LogP contribution in [-0.2, 0) is 6.54 Å². The molecule has 23 heavy (non-hydrogen) atoms. The number of rotatable bonds is 4. The lowest BCUT2D eigenvalue weighted by Crippen LogP contribution is -2.18. The van der Waals surface area contributed by atoms with Crippen molar-refractivity contribution in [2.45, 2.75) is 12.9 Å². The summed E-state index contributed by atoms with van der Waals surface area (Å²) in [4.78, 5) is 0. The molecule has 3 rings (SSSR count). The summed E-state index contributed by atoms with van der Waals surface area (Å²) < 4.78 is 42.8. The zero-order chi connectivity index (χ0) is 16.3. The summed E-state index contributed by atoms with van der Waals surface area (Å²) >= 11 is 0. The molecular weight excluding hydrogens is 307 g/mol. The maximum absolute atomic E-state index is 12.4. The van der Waals surface area contributed by atoms with Crippen LogP contribution in [0.25, 0.3) is 11.3 Å². The van der Waals surface area contributed by atoms with Crippen LogP contribution in [0, 0.1) is 0 Å². The van der Waals surface area contributed by atoms with Gasteiger partial charge in [0.25, 0.3) is 0 Å². The smallest absolute Gasteiger partial charge is 0.405 e. The Hall–Kier alpha value is -2.83. The minimum atomic E-state index is -4.73. The molecule has 4 nitrogen and oxygen atoms in total. The van der Waals surface area contributed by atoms with Crippen LogP contribution in [0.5, 0.6) is 5.75 Å². The van der Waals surface area contributed by atoms with E-state index >= 15 is 0 Å². The van der Waals surface area contributed by atoms with Crippen molar-refractivity contribution in [1.82, 2.24) is 15.0 Å². The Bertz CT molecular complexity index is 785. The first kappa shape index (κ1) is 15.1. The lowest BCUT2D eigenvalue weighted by molar-refractivity contribution is -0.274. The van der Waals surface area contributed by atoms with Gasteiger partial charge in [0.2, 0.25) is 0 Å². The number of hydrogen-bond acceptors (Lipinski definition) is 3. The second-order valence-corrected chi connectivity index (χ2v) is 4.82. The van der Waals surface area contributed by atoms with Crippen molar-refractivity contribution in [3.8, 4) is 17.0 Å². The van der Waals surface area contributed by atoms with E-state index in [2.05, 4.69) is 15.0 Å². The van der Waals surface area contributed by atoms with E-state index in [1.165, 1.54) is 16.8 Å². The van der Waals surface area contributed by atoms with Crippen LogP contribution >= 0.6 is 0 Å². The van der Waals surface area contributed by atoms with Gasteiger partial charge >= 0.3 is 6.36 Å². The highest BCUT2D eigenvalue weighted by Crippen LogP contribution is 2.27. The molecule has 7 heteroatoms. The van der Waals surface area contributed by atoms with E-state index < -0.39 is 6.36 Å². The van der Waals surface area contributed by atoms with Gasteiger partial charge in [-0.05, 0) is 6.07 Å². The third-order valence-electron chi connectivity index (χ3n) is 3.14. The van der Waals surface area contributed by atoms with Crippen LogP contribution in [-0.4, -0.2) is 21.4 Å². The van der Waals surface area contributed by atoms with Gasteiger partial charge in [-0.15, -0.1) is 18.3 Å². The summed E-state index contributed by atoms with van der Waals surface area (Å²) in [6.07, 6.45) is -3.05. The van der Waals surface area contributed by atoms with E-state index in [1.54, 1.807) is 18.3 Å². The van der Waals surface area contributed by atoms with Crippen LogP contribution in [0.4, 0.5) is 13.2 Å². The number of para-hydroxylation sites is 1. The highest BCUT2D eigenvalue weighted by atomic mass is 19.4. The Kier molecular flexibility index (Phi) is 4.01. The Balaban J connectivity index is 1.82. The summed E-state index contributed by atoms with van der Waals surface area (Å²) in [5.41, 5.74) is 1.91. The Morgan fingerprint density at radius 3 is 2.39 bits per heavy atom. The molecule has 0 bridgehead atoms. The van der Waals surface area contributed by atoms with Gasteiger partial charge in [-0.1, -0.05) is 53.7 Å². The van der Waals surface area contributed by atoms with Crippen molar-refractivity contribution in [3.05, 3.63) is 66.4 Å². The average Bonchev–Trinajstić information content (AvgIpc) is 2.97. The monoisotopic (exact) mass is 319 g/mol. The molecule has 0 aliphatic carbocycles. The fourth-order valence-corrected chi connectivity index (χ4v) is 2.15. The Morgan fingerprint density at radius 2 is 1.65 bits per heavy atom. The minimum absolute atomic E-state index is 0.131. The van der Waals surface area contributed by atoms with E-state index in [0.29, 0.717) is 11.3 Å². The molecular formula is C16H12F3N3O. The molecule has 0 radical (unpaired) electrons. The molecule has 0 saturated carbocycles. The molecule has 118 valence electrons. The van der Waals surface area contributed by atoms with Crippen LogP contribution in [0.2, 0.25) is 0 Å². The standard InChI is InChI=1S/C16H12F3N3O/c17-16(18,19)23-15-9-5-4-8-13(15)10-22-11-14(20-21-22)12-6-2-1-3-7-12/h1-9,11H,10H2. The minimum Gasteiger partial charge on any atom is -0.405 e. The van der Waals surface area contributed by atoms with Gasteiger partial charge < -0.3 is 4.74 Å². The number of aromatic nitrogens is 3. The lowest BCUT2D eigenvalue weighted by atomic mass is 10.2. The van der Waals surface area contributed by atoms with Gasteiger partial charge in [0.15, 0.2) is 0 Å². The Labute approximate surface area is 130 Å². The zero-order valence-corrected chi connectivity index (χ0v) is 11.9. The molecule has 0 unspecified atom stereocenters. The normalized spacial score (nSPS) is 11.4. The van der Waals surface area contributed by atoms with Gasteiger partial charge in [0.1, 0.15) is 11.4 Å². The first-order valence-corrected chi connectivity index (χ1v) is 6.80. The predicted molar refractivity (Wildman–Crippen MR) is 77.7 cm³/mol. The lowest BCUT2D eigenvalue weighted by Gasteiger charge is -2.12. The molecule has 0 atom stereocenters. The molecule has 0 amide bonds. The average molecular weight is 319 g/mol. The highest BCUT2D eigenvalue weighted by molar-refractivity contribution is 5.57. The first-order chi connectivity index (χ1) is 11.0. The number of alkyl halides is 3. The first-order valence-electron chi connectivity index (χ1n) is 6.80. The van der Waals surface area contributed by atoms with E-state index in [9.17, 15) is 13.2 Å². The fourth-order valence-electron chi connectivity index (χ4n) is 2.15. The molecule has 0 spiro atoms. The van der Waals surface area contributed by atoms with Crippen molar-refractivity contribution < 1.29 is 17.9 Å². The quantitative estimate of drug-likeness (QED) is 0.732. The molecule has 0 N–H and O–H groups in total. The molecule has 0 saturated heterocycles. The highest BCUT2D eigenvalue weighted by Gasteiger charge is 2.32. The predicted octanol–water partition coefficient (Wildman–Crippen LogP) is 3.89. The van der Waals surface area contributed by atoms with E-state index in [0.717, 1.165) is 5.56 Å². The third-order valence-corrected chi connectivity index (χ3v) is 3.14. The van der Waals surface area contributed by atoms with Crippen LogP contribution in [0.3, 0.4) is 0 Å². The van der Waals surface area contributed by atoms with E-state index in [4.69, 9.17) is 0 Å². The fraction of sp³-hybridized carbons (Fsp3) is 0.125. The second-order valence-electron chi connectivity index (χ2n) is 4.82. The number of ether oxygens (including phenoxy) is 1. The maximum Gasteiger partial charge on any atom is 0.573 e. The van der Waals surface area contributed by atoms with E-state index in [1.807, 2.05) is 30.3 Å². The molecule has 1 aromatic heterocycles. The molecule has 0 aliphatic rings.